The fraction of sp³-hybridized carbons (Fsp3) is 0.471. The standard InChI is InChI=1S/C17H20N4O4/c1-2-7-24-16-14-17(25-15(20-14)12-4-3-8-23-12)19-13(18-16)11-21-5-9-22-10-6-21/h3-4,8H,2,5-7,9-11H2,1H3. The van der Waals surface area contributed by atoms with Crippen molar-refractivity contribution in [3.63, 3.8) is 0 Å². The van der Waals surface area contributed by atoms with E-state index in [1.165, 1.54) is 0 Å². The Morgan fingerprint density at radius 1 is 1.20 bits per heavy atom. The van der Waals surface area contributed by atoms with Gasteiger partial charge in [0.1, 0.15) is 0 Å². The Morgan fingerprint density at radius 3 is 2.84 bits per heavy atom. The summed E-state index contributed by atoms with van der Waals surface area (Å²) in [4.78, 5) is 15.8. The molecule has 1 aliphatic rings. The number of hydrogen-bond donors (Lipinski definition) is 0. The van der Waals surface area contributed by atoms with Gasteiger partial charge in [-0.2, -0.15) is 15.0 Å². The molecule has 8 nitrogen and oxygen atoms in total. The van der Waals surface area contributed by atoms with Crippen molar-refractivity contribution in [1.82, 2.24) is 19.9 Å². The van der Waals surface area contributed by atoms with E-state index < -0.39 is 0 Å². The van der Waals surface area contributed by atoms with Crippen molar-refractivity contribution in [3.05, 3.63) is 24.2 Å². The number of nitrogens with zero attached hydrogens (tertiary/aromatic N) is 4. The summed E-state index contributed by atoms with van der Waals surface area (Å²) in [5.74, 6) is 2.03. The number of aromatic nitrogens is 3. The fourth-order valence-electron chi connectivity index (χ4n) is 2.67. The van der Waals surface area contributed by atoms with Crippen LogP contribution in [0.1, 0.15) is 19.2 Å². The molecule has 0 radical (unpaired) electrons. The third-order valence-corrected chi connectivity index (χ3v) is 3.92. The van der Waals surface area contributed by atoms with E-state index >= 15 is 0 Å². The van der Waals surface area contributed by atoms with E-state index in [1.807, 2.05) is 6.92 Å². The zero-order chi connectivity index (χ0) is 17.1. The van der Waals surface area contributed by atoms with Gasteiger partial charge < -0.3 is 18.3 Å². The summed E-state index contributed by atoms with van der Waals surface area (Å²) in [6.45, 7) is 6.41. The normalized spacial score (nSPS) is 15.7. The smallest absolute Gasteiger partial charge is 0.265 e. The third kappa shape index (κ3) is 3.49. The minimum atomic E-state index is 0.374. The lowest BCUT2D eigenvalue weighted by Gasteiger charge is -2.25. The summed E-state index contributed by atoms with van der Waals surface area (Å²) >= 11 is 0. The van der Waals surface area contributed by atoms with Gasteiger partial charge in [0, 0.05) is 13.1 Å². The second-order valence-corrected chi connectivity index (χ2v) is 5.83. The van der Waals surface area contributed by atoms with Crippen molar-refractivity contribution in [2.75, 3.05) is 32.9 Å². The van der Waals surface area contributed by atoms with Crippen LogP contribution in [0.2, 0.25) is 0 Å². The summed E-state index contributed by atoms with van der Waals surface area (Å²) in [7, 11) is 0. The molecule has 0 N–H and O–H groups in total. The molecule has 3 aromatic rings. The summed E-state index contributed by atoms with van der Waals surface area (Å²) in [6.07, 6.45) is 2.46. The Labute approximate surface area is 144 Å². The number of hydrogen-bond acceptors (Lipinski definition) is 8. The van der Waals surface area contributed by atoms with Crippen molar-refractivity contribution >= 4 is 11.2 Å². The molecule has 0 saturated carbocycles. The number of rotatable bonds is 6. The Hall–Kier alpha value is -2.45. The van der Waals surface area contributed by atoms with Crippen molar-refractivity contribution < 1.29 is 18.3 Å². The van der Waals surface area contributed by atoms with Crippen LogP contribution < -0.4 is 4.74 Å². The highest BCUT2D eigenvalue weighted by atomic mass is 16.5. The van der Waals surface area contributed by atoms with Gasteiger partial charge in [-0.15, -0.1) is 0 Å². The van der Waals surface area contributed by atoms with Crippen LogP contribution in [-0.4, -0.2) is 52.8 Å². The maximum atomic E-state index is 5.78. The lowest BCUT2D eigenvalue weighted by Crippen LogP contribution is -2.36. The van der Waals surface area contributed by atoms with Crippen LogP contribution in [0.15, 0.2) is 27.2 Å². The van der Waals surface area contributed by atoms with Crippen molar-refractivity contribution in [3.8, 4) is 17.5 Å². The molecular weight excluding hydrogens is 324 g/mol. The number of ether oxygens (including phenoxy) is 2. The van der Waals surface area contributed by atoms with E-state index in [0.29, 0.717) is 47.7 Å². The molecule has 1 saturated heterocycles. The molecular formula is C17H20N4O4. The summed E-state index contributed by atoms with van der Waals surface area (Å²) in [5, 5.41) is 0. The molecule has 0 aromatic carbocycles. The molecule has 4 heterocycles. The highest BCUT2D eigenvalue weighted by molar-refractivity contribution is 5.76. The zero-order valence-electron chi connectivity index (χ0n) is 14.1. The molecule has 1 fully saturated rings. The fourth-order valence-corrected chi connectivity index (χ4v) is 2.67. The monoisotopic (exact) mass is 344 g/mol. The Morgan fingerprint density at radius 2 is 2.08 bits per heavy atom. The number of fused-ring (bicyclic) bond motifs is 1. The molecule has 0 bridgehead atoms. The lowest BCUT2D eigenvalue weighted by molar-refractivity contribution is 0.0330. The van der Waals surface area contributed by atoms with Gasteiger partial charge in [-0.05, 0) is 18.6 Å². The van der Waals surface area contributed by atoms with Crippen molar-refractivity contribution in [2.24, 2.45) is 0 Å². The van der Waals surface area contributed by atoms with E-state index in [-0.39, 0.29) is 0 Å². The molecule has 0 atom stereocenters. The topological polar surface area (TPSA) is 86.7 Å². The van der Waals surface area contributed by atoms with E-state index in [9.17, 15) is 0 Å². The van der Waals surface area contributed by atoms with Crippen LogP contribution in [-0.2, 0) is 11.3 Å². The van der Waals surface area contributed by atoms with E-state index in [4.69, 9.17) is 18.3 Å². The van der Waals surface area contributed by atoms with Crippen molar-refractivity contribution in [1.29, 1.82) is 0 Å². The largest absolute Gasteiger partial charge is 0.476 e. The first-order valence-electron chi connectivity index (χ1n) is 8.47. The molecule has 0 aliphatic carbocycles. The second kappa shape index (κ2) is 7.20. The first-order valence-corrected chi connectivity index (χ1v) is 8.47. The molecule has 0 amide bonds. The van der Waals surface area contributed by atoms with Crippen LogP contribution in [0.4, 0.5) is 0 Å². The summed E-state index contributed by atoms with van der Waals surface area (Å²) in [5.41, 5.74) is 0.932. The Bertz CT molecular complexity index is 825. The van der Waals surface area contributed by atoms with Crippen molar-refractivity contribution in [2.45, 2.75) is 19.9 Å². The third-order valence-electron chi connectivity index (χ3n) is 3.92. The first-order chi connectivity index (χ1) is 12.3. The number of morpholine rings is 1. The lowest BCUT2D eigenvalue weighted by atomic mass is 10.4. The van der Waals surface area contributed by atoms with Crippen LogP contribution in [0.5, 0.6) is 5.88 Å². The van der Waals surface area contributed by atoms with Gasteiger partial charge in [0.15, 0.2) is 17.1 Å². The Balaban J connectivity index is 1.68. The minimum absolute atomic E-state index is 0.374. The Kier molecular flexibility index (Phi) is 4.62. The van der Waals surface area contributed by atoms with Gasteiger partial charge in [0.25, 0.3) is 11.6 Å². The molecule has 8 heteroatoms. The van der Waals surface area contributed by atoms with E-state index in [0.717, 1.165) is 32.7 Å². The van der Waals surface area contributed by atoms with Crippen LogP contribution in [0.3, 0.4) is 0 Å². The molecule has 3 aromatic heterocycles. The molecule has 0 unspecified atom stereocenters. The average molecular weight is 344 g/mol. The predicted octanol–water partition coefficient (Wildman–Crippen LogP) is 2.50. The molecule has 4 rings (SSSR count). The SMILES string of the molecule is CCCOc1nc(CN2CCOCC2)nc2oc(-c3ccco3)nc12. The summed E-state index contributed by atoms with van der Waals surface area (Å²) < 4.78 is 22.3. The summed E-state index contributed by atoms with van der Waals surface area (Å²) in [6, 6.07) is 3.58. The average Bonchev–Trinajstić information content (AvgIpc) is 3.29. The maximum Gasteiger partial charge on any atom is 0.265 e. The first kappa shape index (κ1) is 16.0. The molecule has 25 heavy (non-hydrogen) atoms. The zero-order valence-corrected chi connectivity index (χ0v) is 14.1. The molecule has 0 spiro atoms. The van der Waals surface area contributed by atoms with Crippen LogP contribution in [0.25, 0.3) is 22.9 Å². The van der Waals surface area contributed by atoms with Crippen LogP contribution in [0, 0.1) is 0 Å². The highest BCUT2D eigenvalue weighted by Crippen LogP contribution is 2.28. The number of furan rings is 1. The quantitative estimate of drug-likeness (QED) is 0.674. The maximum absolute atomic E-state index is 5.78. The van der Waals surface area contributed by atoms with E-state index in [1.54, 1.807) is 18.4 Å². The van der Waals surface area contributed by atoms with Gasteiger partial charge in [0.05, 0.1) is 32.6 Å². The highest BCUT2D eigenvalue weighted by Gasteiger charge is 2.20. The van der Waals surface area contributed by atoms with E-state index in [2.05, 4.69) is 19.9 Å². The minimum Gasteiger partial charge on any atom is -0.476 e. The van der Waals surface area contributed by atoms with Crippen LogP contribution >= 0.6 is 0 Å². The second-order valence-electron chi connectivity index (χ2n) is 5.83. The molecule has 1 aliphatic heterocycles. The van der Waals surface area contributed by atoms with Gasteiger partial charge in [0.2, 0.25) is 5.88 Å². The van der Waals surface area contributed by atoms with Gasteiger partial charge in [-0.3, -0.25) is 4.90 Å². The van der Waals surface area contributed by atoms with Gasteiger partial charge in [-0.25, -0.2) is 0 Å². The van der Waals surface area contributed by atoms with Gasteiger partial charge in [-0.1, -0.05) is 6.92 Å². The van der Waals surface area contributed by atoms with Gasteiger partial charge >= 0.3 is 0 Å². The predicted molar refractivity (Wildman–Crippen MR) is 89.2 cm³/mol. The molecule has 132 valence electrons. The number of oxazole rings is 1.